The number of benzene rings is 1. The SMILES string of the molecule is CC(C)NCCCC(=O)Nc1ccc2c(c1)NC(=O)CS2. The van der Waals surface area contributed by atoms with E-state index in [0.29, 0.717) is 18.2 Å². The lowest BCUT2D eigenvalue weighted by Crippen LogP contribution is -2.24. The van der Waals surface area contributed by atoms with Crippen molar-refractivity contribution in [1.29, 1.82) is 0 Å². The van der Waals surface area contributed by atoms with Gasteiger partial charge in [-0.05, 0) is 31.2 Å². The highest BCUT2D eigenvalue weighted by Crippen LogP contribution is 2.33. The van der Waals surface area contributed by atoms with E-state index in [4.69, 9.17) is 0 Å². The van der Waals surface area contributed by atoms with E-state index in [9.17, 15) is 9.59 Å². The van der Waals surface area contributed by atoms with Crippen molar-refractivity contribution in [3.8, 4) is 0 Å². The quantitative estimate of drug-likeness (QED) is 0.706. The zero-order chi connectivity index (χ0) is 15.2. The van der Waals surface area contributed by atoms with Crippen LogP contribution in [0.3, 0.4) is 0 Å². The highest BCUT2D eigenvalue weighted by atomic mass is 32.2. The zero-order valence-electron chi connectivity index (χ0n) is 12.4. The van der Waals surface area contributed by atoms with Gasteiger partial charge < -0.3 is 16.0 Å². The average Bonchev–Trinajstić information content (AvgIpc) is 2.43. The third-order valence-corrected chi connectivity index (χ3v) is 4.10. The molecule has 0 bridgehead atoms. The van der Waals surface area contributed by atoms with E-state index >= 15 is 0 Å². The van der Waals surface area contributed by atoms with Crippen LogP contribution < -0.4 is 16.0 Å². The highest BCUT2D eigenvalue weighted by Gasteiger charge is 2.15. The maximum absolute atomic E-state index is 11.9. The van der Waals surface area contributed by atoms with Crippen molar-refractivity contribution >= 4 is 35.0 Å². The van der Waals surface area contributed by atoms with Crippen LogP contribution in [-0.4, -0.2) is 30.2 Å². The molecule has 2 rings (SSSR count). The topological polar surface area (TPSA) is 70.2 Å². The van der Waals surface area contributed by atoms with Crippen LogP contribution in [0.15, 0.2) is 23.1 Å². The first kappa shape index (κ1) is 15.9. The predicted octanol–water partition coefficient (Wildman–Crippen LogP) is 2.45. The molecule has 3 N–H and O–H groups in total. The predicted molar refractivity (Wildman–Crippen MR) is 86.8 cm³/mol. The van der Waals surface area contributed by atoms with Gasteiger partial charge in [0.1, 0.15) is 0 Å². The molecule has 0 atom stereocenters. The number of nitrogens with one attached hydrogen (secondary N) is 3. The monoisotopic (exact) mass is 307 g/mol. The normalized spacial score (nSPS) is 13.8. The van der Waals surface area contributed by atoms with Gasteiger partial charge in [0, 0.05) is 23.0 Å². The summed E-state index contributed by atoms with van der Waals surface area (Å²) < 4.78 is 0. The summed E-state index contributed by atoms with van der Waals surface area (Å²) in [6.45, 7) is 5.00. The number of hydrogen-bond donors (Lipinski definition) is 3. The largest absolute Gasteiger partial charge is 0.326 e. The second-order valence-corrected chi connectivity index (χ2v) is 6.33. The molecule has 5 nitrogen and oxygen atoms in total. The molecule has 0 radical (unpaired) electrons. The van der Waals surface area contributed by atoms with Crippen LogP contribution >= 0.6 is 11.8 Å². The number of amides is 2. The van der Waals surface area contributed by atoms with Crippen molar-refractivity contribution < 1.29 is 9.59 Å². The Balaban J connectivity index is 1.84. The second-order valence-electron chi connectivity index (χ2n) is 5.31. The van der Waals surface area contributed by atoms with Gasteiger partial charge in [0.05, 0.1) is 11.4 Å². The molecule has 6 heteroatoms. The Labute approximate surface area is 129 Å². The van der Waals surface area contributed by atoms with E-state index in [0.717, 1.165) is 29.2 Å². The molecule has 114 valence electrons. The van der Waals surface area contributed by atoms with Crippen LogP contribution in [0.2, 0.25) is 0 Å². The van der Waals surface area contributed by atoms with E-state index in [1.54, 1.807) is 0 Å². The molecule has 0 saturated heterocycles. The van der Waals surface area contributed by atoms with Crippen LogP contribution in [0.1, 0.15) is 26.7 Å². The molecule has 2 amide bonds. The number of rotatable bonds is 6. The summed E-state index contributed by atoms with van der Waals surface area (Å²) in [6.07, 6.45) is 1.29. The summed E-state index contributed by atoms with van der Waals surface area (Å²) in [6, 6.07) is 6.04. The smallest absolute Gasteiger partial charge is 0.234 e. The maximum Gasteiger partial charge on any atom is 0.234 e. The lowest BCUT2D eigenvalue weighted by molar-refractivity contribution is -0.116. The Morgan fingerprint density at radius 1 is 1.43 bits per heavy atom. The van der Waals surface area contributed by atoms with Crippen molar-refractivity contribution in [2.75, 3.05) is 22.9 Å². The summed E-state index contributed by atoms with van der Waals surface area (Å²) in [5, 5.41) is 8.97. The summed E-state index contributed by atoms with van der Waals surface area (Å²) in [4.78, 5) is 24.3. The van der Waals surface area contributed by atoms with Gasteiger partial charge in [-0.1, -0.05) is 13.8 Å². The molecule has 0 aliphatic carbocycles. The van der Waals surface area contributed by atoms with Gasteiger partial charge >= 0.3 is 0 Å². The van der Waals surface area contributed by atoms with Crippen LogP contribution in [0, 0.1) is 0 Å². The van der Waals surface area contributed by atoms with Crippen molar-refractivity contribution in [2.45, 2.75) is 37.6 Å². The van der Waals surface area contributed by atoms with Gasteiger partial charge in [-0.25, -0.2) is 0 Å². The third-order valence-electron chi connectivity index (χ3n) is 3.03. The van der Waals surface area contributed by atoms with E-state index < -0.39 is 0 Å². The van der Waals surface area contributed by atoms with Crippen molar-refractivity contribution in [2.24, 2.45) is 0 Å². The molecular formula is C15H21N3O2S. The number of carbonyl (C=O) groups excluding carboxylic acids is 2. The Kier molecular flexibility index (Phi) is 5.64. The fourth-order valence-electron chi connectivity index (χ4n) is 2.02. The molecule has 1 aliphatic rings. The molecule has 0 saturated carbocycles. The van der Waals surface area contributed by atoms with Gasteiger partial charge in [0.25, 0.3) is 0 Å². The Bertz CT molecular complexity index is 532. The second kappa shape index (κ2) is 7.47. The number of hydrogen-bond acceptors (Lipinski definition) is 4. The minimum absolute atomic E-state index is 0.00395. The molecule has 0 spiro atoms. The van der Waals surface area contributed by atoms with Crippen molar-refractivity contribution in [3.05, 3.63) is 18.2 Å². The Morgan fingerprint density at radius 2 is 2.24 bits per heavy atom. The molecular weight excluding hydrogens is 286 g/mol. The van der Waals surface area contributed by atoms with E-state index in [-0.39, 0.29) is 11.8 Å². The van der Waals surface area contributed by atoms with E-state index in [1.807, 2.05) is 18.2 Å². The molecule has 1 aromatic carbocycles. The van der Waals surface area contributed by atoms with Gasteiger partial charge in [-0.15, -0.1) is 11.8 Å². The number of thioether (sulfide) groups is 1. The van der Waals surface area contributed by atoms with Crippen LogP contribution in [0.4, 0.5) is 11.4 Å². The minimum atomic E-state index is -0.00436. The number of fused-ring (bicyclic) bond motifs is 1. The van der Waals surface area contributed by atoms with Gasteiger partial charge in [0.15, 0.2) is 0 Å². The maximum atomic E-state index is 11.9. The number of anilines is 2. The summed E-state index contributed by atoms with van der Waals surface area (Å²) in [7, 11) is 0. The molecule has 0 aromatic heterocycles. The minimum Gasteiger partial charge on any atom is -0.326 e. The summed E-state index contributed by atoms with van der Waals surface area (Å²) in [5.41, 5.74) is 1.49. The van der Waals surface area contributed by atoms with Crippen molar-refractivity contribution in [3.63, 3.8) is 0 Å². The molecule has 0 unspecified atom stereocenters. The van der Waals surface area contributed by atoms with Gasteiger partial charge in [-0.2, -0.15) is 0 Å². The fourth-order valence-corrected chi connectivity index (χ4v) is 2.81. The molecule has 1 heterocycles. The van der Waals surface area contributed by atoms with Gasteiger partial charge in [-0.3, -0.25) is 9.59 Å². The highest BCUT2D eigenvalue weighted by molar-refractivity contribution is 8.00. The van der Waals surface area contributed by atoms with Crippen LogP contribution in [0.5, 0.6) is 0 Å². The van der Waals surface area contributed by atoms with Gasteiger partial charge in [0.2, 0.25) is 11.8 Å². The summed E-state index contributed by atoms with van der Waals surface area (Å²) in [5.74, 6) is 0.438. The van der Waals surface area contributed by atoms with E-state index in [2.05, 4.69) is 29.8 Å². The number of carbonyl (C=O) groups is 2. The molecule has 1 aromatic rings. The summed E-state index contributed by atoms with van der Waals surface area (Å²) >= 11 is 1.51. The Morgan fingerprint density at radius 3 is 3.00 bits per heavy atom. The third kappa shape index (κ3) is 5.06. The fraction of sp³-hybridized carbons (Fsp3) is 0.467. The molecule has 1 aliphatic heterocycles. The lowest BCUT2D eigenvalue weighted by Gasteiger charge is -2.17. The average molecular weight is 307 g/mol. The first-order valence-corrected chi connectivity index (χ1v) is 8.13. The van der Waals surface area contributed by atoms with Crippen LogP contribution in [-0.2, 0) is 9.59 Å². The van der Waals surface area contributed by atoms with E-state index in [1.165, 1.54) is 11.8 Å². The van der Waals surface area contributed by atoms with Crippen molar-refractivity contribution in [1.82, 2.24) is 5.32 Å². The standard InChI is InChI=1S/C15H21N3O2S/c1-10(2)16-7-3-4-14(19)17-11-5-6-13-12(8-11)18-15(20)9-21-13/h5-6,8,10,16H,3-4,7,9H2,1-2H3,(H,17,19)(H,18,20). The van der Waals surface area contributed by atoms with Crippen LogP contribution in [0.25, 0.3) is 0 Å². The first-order chi connectivity index (χ1) is 10.0. The lowest BCUT2D eigenvalue weighted by atomic mass is 10.2. The Hall–Kier alpha value is -1.53. The first-order valence-electron chi connectivity index (χ1n) is 7.14. The molecule has 0 fully saturated rings. The zero-order valence-corrected chi connectivity index (χ0v) is 13.2. The molecule has 21 heavy (non-hydrogen) atoms.